The Morgan fingerprint density at radius 3 is 2.73 bits per heavy atom. The zero-order chi connectivity index (χ0) is 18.8. The van der Waals surface area contributed by atoms with Crippen molar-refractivity contribution in [3.63, 3.8) is 0 Å². The van der Waals surface area contributed by atoms with Crippen LogP contribution in [0, 0.1) is 5.82 Å². The molecule has 0 aliphatic heterocycles. The second-order valence-corrected chi connectivity index (χ2v) is 6.11. The molecule has 1 N–H and O–H groups in total. The van der Waals surface area contributed by atoms with Gasteiger partial charge in [0.2, 0.25) is 0 Å². The molecule has 4 nitrogen and oxygen atoms in total. The molecule has 0 amide bonds. The first-order chi connectivity index (χ1) is 12.7. The number of halogens is 2. The van der Waals surface area contributed by atoms with Gasteiger partial charge in [0, 0.05) is 25.3 Å². The molecule has 0 saturated heterocycles. The van der Waals surface area contributed by atoms with Gasteiger partial charge in [-0.25, -0.2) is 4.39 Å². The van der Waals surface area contributed by atoms with Crippen LogP contribution in [0.15, 0.2) is 36.4 Å². The summed E-state index contributed by atoms with van der Waals surface area (Å²) in [6.07, 6.45) is 0.968. The van der Waals surface area contributed by atoms with Gasteiger partial charge in [0.05, 0.1) is 12.1 Å². The van der Waals surface area contributed by atoms with Crippen LogP contribution >= 0.6 is 11.6 Å². The van der Waals surface area contributed by atoms with Crippen LogP contribution < -0.4 is 14.8 Å². The van der Waals surface area contributed by atoms with E-state index in [4.69, 9.17) is 25.8 Å². The Bertz CT molecular complexity index is 677. The van der Waals surface area contributed by atoms with Gasteiger partial charge in [0.25, 0.3) is 0 Å². The van der Waals surface area contributed by atoms with Crippen molar-refractivity contribution in [2.45, 2.75) is 26.5 Å². The summed E-state index contributed by atoms with van der Waals surface area (Å²) >= 11 is 6.03. The van der Waals surface area contributed by atoms with Gasteiger partial charge in [-0.05, 0) is 49.7 Å². The summed E-state index contributed by atoms with van der Waals surface area (Å²) in [7, 11) is 1.58. The van der Waals surface area contributed by atoms with Crippen molar-refractivity contribution in [2.24, 2.45) is 0 Å². The van der Waals surface area contributed by atoms with Gasteiger partial charge in [0.1, 0.15) is 12.4 Å². The minimum Gasteiger partial charge on any atom is -0.493 e. The monoisotopic (exact) mass is 381 g/mol. The van der Waals surface area contributed by atoms with Gasteiger partial charge in [-0.2, -0.15) is 0 Å². The maximum absolute atomic E-state index is 13.8. The molecule has 0 saturated carbocycles. The Hall–Kier alpha value is -1.82. The zero-order valence-corrected chi connectivity index (χ0v) is 15.9. The highest BCUT2D eigenvalue weighted by Gasteiger charge is 2.11. The van der Waals surface area contributed by atoms with Gasteiger partial charge in [-0.3, -0.25) is 0 Å². The molecule has 0 spiro atoms. The lowest BCUT2D eigenvalue weighted by molar-refractivity contribution is 0.144. The maximum atomic E-state index is 13.8. The Morgan fingerprint density at radius 2 is 2.00 bits per heavy atom. The summed E-state index contributed by atoms with van der Waals surface area (Å²) in [5, 5.41) is 3.71. The van der Waals surface area contributed by atoms with Gasteiger partial charge < -0.3 is 19.5 Å². The van der Waals surface area contributed by atoms with Crippen molar-refractivity contribution in [2.75, 3.05) is 26.9 Å². The molecule has 6 heteroatoms. The van der Waals surface area contributed by atoms with E-state index in [-0.39, 0.29) is 12.4 Å². The molecule has 0 bridgehead atoms. The van der Waals surface area contributed by atoms with Crippen LogP contribution in [0.2, 0.25) is 5.02 Å². The Labute approximate surface area is 159 Å². The summed E-state index contributed by atoms with van der Waals surface area (Å²) in [6, 6.07) is 10.3. The molecule has 142 valence electrons. The maximum Gasteiger partial charge on any atom is 0.161 e. The van der Waals surface area contributed by atoms with Crippen LogP contribution in [-0.2, 0) is 17.9 Å². The van der Waals surface area contributed by atoms with Crippen LogP contribution in [0.4, 0.5) is 4.39 Å². The predicted molar refractivity (Wildman–Crippen MR) is 102 cm³/mol. The smallest absolute Gasteiger partial charge is 0.161 e. The fourth-order valence-corrected chi connectivity index (χ4v) is 2.66. The van der Waals surface area contributed by atoms with Crippen molar-refractivity contribution in [3.05, 3.63) is 58.4 Å². The minimum atomic E-state index is -0.385. The Morgan fingerprint density at radius 1 is 1.15 bits per heavy atom. The number of methoxy groups -OCH3 is 1. The summed E-state index contributed by atoms with van der Waals surface area (Å²) < 4.78 is 30.3. The SMILES string of the molecule is CCOCCCNCc1ccc(OCc2c(F)cccc2Cl)c(OC)c1. The molecule has 0 unspecified atom stereocenters. The first-order valence-electron chi connectivity index (χ1n) is 8.66. The Balaban J connectivity index is 1.91. The highest BCUT2D eigenvalue weighted by Crippen LogP contribution is 2.30. The number of hydrogen-bond donors (Lipinski definition) is 1. The lowest BCUT2D eigenvalue weighted by atomic mass is 10.2. The molecule has 26 heavy (non-hydrogen) atoms. The molecule has 2 aromatic carbocycles. The van der Waals surface area contributed by atoms with Crippen molar-refractivity contribution in [1.82, 2.24) is 5.32 Å². The molecule has 0 heterocycles. The lowest BCUT2D eigenvalue weighted by Gasteiger charge is -2.13. The Kier molecular flexibility index (Phi) is 8.68. The fraction of sp³-hybridized carbons (Fsp3) is 0.400. The van der Waals surface area contributed by atoms with Crippen LogP contribution in [-0.4, -0.2) is 26.9 Å². The predicted octanol–water partition coefficient (Wildman–Crippen LogP) is 4.58. The van der Waals surface area contributed by atoms with E-state index in [0.29, 0.717) is 22.1 Å². The molecule has 2 aromatic rings. The van der Waals surface area contributed by atoms with Gasteiger partial charge in [-0.1, -0.05) is 23.7 Å². The van der Waals surface area contributed by atoms with Crippen molar-refractivity contribution < 1.29 is 18.6 Å². The van der Waals surface area contributed by atoms with Crippen LogP contribution in [0.1, 0.15) is 24.5 Å². The van der Waals surface area contributed by atoms with Gasteiger partial charge >= 0.3 is 0 Å². The van der Waals surface area contributed by atoms with E-state index in [1.165, 1.54) is 6.07 Å². The number of ether oxygens (including phenoxy) is 3. The molecule has 0 aliphatic rings. The first kappa shape index (κ1) is 20.5. The standard InChI is InChI=1S/C20H25ClFNO3/c1-3-25-11-5-10-23-13-15-8-9-19(20(12-15)24-2)26-14-16-17(21)6-4-7-18(16)22/h4,6-9,12,23H,3,5,10-11,13-14H2,1-2H3. The third-order valence-electron chi connectivity index (χ3n) is 3.84. The van der Waals surface area contributed by atoms with E-state index >= 15 is 0 Å². The summed E-state index contributed by atoms with van der Waals surface area (Å²) in [5.74, 6) is 0.766. The highest BCUT2D eigenvalue weighted by atomic mass is 35.5. The van der Waals surface area contributed by atoms with E-state index < -0.39 is 0 Å². The van der Waals surface area contributed by atoms with E-state index in [1.807, 2.05) is 25.1 Å². The molecule has 2 rings (SSSR count). The minimum absolute atomic E-state index is 0.0386. The number of nitrogens with one attached hydrogen (secondary N) is 1. The van der Waals surface area contributed by atoms with Crippen molar-refractivity contribution in [1.29, 1.82) is 0 Å². The third-order valence-corrected chi connectivity index (χ3v) is 4.19. The number of benzene rings is 2. The van der Waals surface area contributed by atoms with Gasteiger partial charge in [-0.15, -0.1) is 0 Å². The normalized spacial score (nSPS) is 10.8. The summed E-state index contributed by atoms with van der Waals surface area (Å²) in [6.45, 7) is 5.14. The fourth-order valence-electron chi connectivity index (χ4n) is 2.44. The quantitative estimate of drug-likeness (QED) is 0.578. The second-order valence-electron chi connectivity index (χ2n) is 5.70. The summed E-state index contributed by atoms with van der Waals surface area (Å²) in [5.41, 5.74) is 1.41. The molecule has 0 radical (unpaired) electrons. The third kappa shape index (κ3) is 6.16. The van der Waals surface area contributed by atoms with Crippen molar-refractivity contribution >= 4 is 11.6 Å². The molecular formula is C20H25ClFNO3. The van der Waals surface area contributed by atoms with E-state index in [1.54, 1.807) is 19.2 Å². The van der Waals surface area contributed by atoms with Crippen LogP contribution in [0.5, 0.6) is 11.5 Å². The van der Waals surface area contributed by atoms with Crippen molar-refractivity contribution in [3.8, 4) is 11.5 Å². The van der Waals surface area contributed by atoms with E-state index in [0.717, 1.165) is 38.3 Å². The van der Waals surface area contributed by atoms with E-state index in [2.05, 4.69) is 5.32 Å². The number of rotatable bonds is 11. The average Bonchev–Trinajstić information content (AvgIpc) is 2.64. The number of hydrogen-bond acceptors (Lipinski definition) is 4. The molecule has 0 atom stereocenters. The van der Waals surface area contributed by atoms with Crippen LogP contribution in [0.3, 0.4) is 0 Å². The zero-order valence-electron chi connectivity index (χ0n) is 15.2. The molecule has 0 aromatic heterocycles. The molecular weight excluding hydrogens is 357 g/mol. The topological polar surface area (TPSA) is 39.7 Å². The van der Waals surface area contributed by atoms with Gasteiger partial charge in [0.15, 0.2) is 11.5 Å². The lowest BCUT2D eigenvalue weighted by Crippen LogP contribution is -2.16. The molecule has 0 fully saturated rings. The molecule has 0 aliphatic carbocycles. The summed E-state index contributed by atoms with van der Waals surface area (Å²) in [4.78, 5) is 0. The highest BCUT2D eigenvalue weighted by molar-refractivity contribution is 6.31. The largest absolute Gasteiger partial charge is 0.493 e. The van der Waals surface area contributed by atoms with E-state index in [9.17, 15) is 4.39 Å². The second kappa shape index (κ2) is 11.0. The average molecular weight is 382 g/mol. The van der Waals surface area contributed by atoms with Crippen LogP contribution in [0.25, 0.3) is 0 Å². The first-order valence-corrected chi connectivity index (χ1v) is 9.04.